The molecule has 0 spiro atoms. The second-order valence-electron chi connectivity index (χ2n) is 5.63. The molecule has 0 amide bonds. The number of aliphatic hydroxyl groups excluding tert-OH is 1. The van der Waals surface area contributed by atoms with Gasteiger partial charge >= 0.3 is 0 Å². The van der Waals surface area contributed by atoms with E-state index in [0.717, 1.165) is 11.4 Å². The Balaban J connectivity index is 1.71. The van der Waals surface area contributed by atoms with E-state index in [1.54, 1.807) is 12.1 Å². The van der Waals surface area contributed by atoms with Gasteiger partial charge in [-0.05, 0) is 42.8 Å². The third kappa shape index (κ3) is 4.84. The first kappa shape index (κ1) is 18.0. The van der Waals surface area contributed by atoms with Gasteiger partial charge < -0.3 is 20.5 Å². The maximum atomic E-state index is 8.81. The summed E-state index contributed by atoms with van der Waals surface area (Å²) in [5.74, 6) is 1.84. The largest absolute Gasteiger partial charge is 0.490 e. The first-order chi connectivity index (χ1) is 12.6. The van der Waals surface area contributed by atoms with Gasteiger partial charge in [-0.1, -0.05) is 23.7 Å². The van der Waals surface area contributed by atoms with Crippen LogP contribution in [0, 0.1) is 6.92 Å². The summed E-state index contributed by atoms with van der Waals surface area (Å²) in [6.45, 7) is 2.18. The van der Waals surface area contributed by atoms with Crippen LogP contribution in [0.4, 0.5) is 23.0 Å². The molecule has 1 heterocycles. The predicted octanol–water partition coefficient (Wildman–Crippen LogP) is 4.30. The molecular formula is C19H19ClN4O2. The Morgan fingerprint density at radius 1 is 1.00 bits per heavy atom. The molecule has 2 aromatic carbocycles. The number of aryl methyl sites for hydroxylation is 1. The molecule has 3 aromatic rings. The van der Waals surface area contributed by atoms with Gasteiger partial charge in [-0.2, -0.15) is 0 Å². The van der Waals surface area contributed by atoms with Gasteiger partial charge in [0.2, 0.25) is 0 Å². The highest BCUT2D eigenvalue weighted by Crippen LogP contribution is 2.29. The monoisotopic (exact) mass is 370 g/mol. The van der Waals surface area contributed by atoms with Crippen molar-refractivity contribution in [3.63, 3.8) is 0 Å². The van der Waals surface area contributed by atoms with Crippen LogP contribution in [-0.4, -0.2) is 28.3 Å². The van der Waals surface area contributed by atoms with Crippen molar-refractivity contribution in [2.24, 2.45) is 0 Å². The number of aromatic nitrogens is 2. The third-order valence-electron chi connectivity index (χ3n) is 3.51. The van der Waals surface area contributed by atoms with E-state index in [1.165, 1.54) is 11.9 Å². The van der Waals surface area contributed by atoms with E-state index in [0.29, 0.717) is 22.4 Å². The Bertz CT molecular complexity index is 889. The van der Waals surface area contributed by atoms with Crippen LogP contribution in [0.1, 0.15) is 5.56 Å². The zero-order valence-electron chi connectivity index (χ0n) is 14.2. The first-order valence-electron chi connectivity index (χ1n) is 8.10. The summed E-state index contributed by atoms with van der Waals surface area (Å²) in [7, 11) is 0. The lowest BCUT2D eigenvalue weighted by Crippen LogP contribution is -2.02. The van der Waals surface area contributed by atoms with Crippen molar-refractivity contribution in [2.75, 3.05) is 23.8 Å². The van der Waals surface area contributed by atoms with Crippen molar-refractivity contribution in [1.29, 1.82) is 0 Å². The summed E-state index contributed by atoms with van der Waals surface area (Å²) < 4.78 is 5.34. The number of halogens is 1. The molecule has 0 aliphatic carbocycles. The maximum Gasteiger partial charge on any atom is 0.138 e. The molecule has 0 unspecified atom stereocenters. The van der Waals surface area contributed by atoms with Gasteiger partial charge in [-0.25, -0.2) is 9.97 Å². The molecule has 134 valence electrons. The first-order valence-corrected chi connectivity index (χ1v) is 8.48. The molecule has 0 saturated heterocycles. The Labute approximate surface area is 156 Å². The summed E-state index contributed by atoms with van der Waals surface area (Å²) in [4.78, 5) is 8.47. The molecule has 3 rings (SSSR count). The van der Waals surface area contributed by atoms with Gasteiger partial charge in [-0.15, -0.1) is 0 Å². The Kier molecular flexibility index (Phi) is 5.88. The molecule has 0 saturated carbocycles. The van der Waals surface area contributed by atoms with E-state index in [-0.39, 0.29) is 13.2 Å². The third-order valence-corrected chi connectivity index (χ3v) is 3.81. The summed E-state index contributed by atoms with van der Waals surface area (Å²) in [6.07, 6.45) is 1.49. The van der Waals surface area contributed by atoms with Crippen molar-refractivity contribution in [3.8, 4) is 5.75 Å². The predicted molar refractivity (Wildman–Crippen MR) is 104 cm³/mol. The van der Waals surface area contributed by atoms with Crippen molar-refractivity contribution in [3.05, 3.63) is 65.4 Å². The van der Waals surface area contributed by atoms with E-state index >= 15 is 0 Å². The van der Waals surface area contributed by atoms with Gasteiger partial charge in [0.1, 0.15) is 30.3 Å². The molecule has 0 aliphatic rings. The number of anilines is 4. The van der Waals surface area contributed by atoms with Crippen LogP contribution < -0.4 is 15.4 Å². The lowest BCUT2D eigenvalue weighted by atomic mass is 10.2. The van der Waals surface area contributed by atoms with Crippen LogP contribution in [0.3, 0.4) is 0 Å². The fourth-order valence-electron chi connectivity index (χ4n) is 2.36. The summed E-state index contributed by atoms with van der Waals surface area (Å²) >= 11 is 6.19. The smallest absolute Gasteiger partial charge is 0.138 e. The second-order valence-corrected chi connectivity index (χ2v) is 6.03. The molecule has 0 atom stereocenters. The van der Waals surface area contributed by atoms with E-state index in [2.05, 4.69) is 20.6 Å². The number of hydrogen-bond acceptors (Lipinski definition) is 6. The quantitative estimate of drug-likeness (QED) is 0.575. The zero-order chi connectivity index (χ0) is 18.4. The lowest BCUT2D eigenvalue weighted by molar-refractivity contribution is 0.201. The van der Waals surface area contributed by atoms with Crippen LogP contribution in [0.2, 0.25) is 5.02 Å². The van der Waals surface area contributed by atoms with Crippen LogP contribution in [0.5, 0.6) is 5.75 Å². The Hall–Kier alpha value is -2.83. The molecule has 7 heteroatoms. The molecule has 3 N–H and O–H groups in total. The van der Waals surface area contributed by atoms with Crippen molar-refractivity contribution >= 4 is 34.6 Å². The average molecular weight is 371 g/mol. The maximum absolute atomic E-state index is 8.81. The molecular weight excluding hydrogens is 352 g/mol. The van der Waals surface area contributed by atoms with E-state index < -0.39 is 0 Å². The van der Waals surface area contributed by atoms with Crippen molar-refractivity contribution < 1.29 is 9.84 Å². The fourth-order valence-corrected chi connectivity index (χ4v) is 2.60. The molecule has 0 bridgehead atoms. The molecule has 0 fully saturated rings. The minimum atomic E-state index is -0.0615. The SMILES string of the molecule is Cc1cccc(Nc2cc(Nc3ccc(OCCO)c(Cl)c3)ncn2)c1. The molecule has 1 aromatic heterocycles. The number of ether oxygens (including phenoxy) is 1. The minimum absolute atomic E-state index is 0.0615. The fraction of sp³-hybridized carbons (Fsp3) is 0.158. The normalized spacial score (nSPS) is 10.4. The van der Waals surface area contributed by atoms with Crippen LogP contribution in [0.15, 0.2) is 54.9 Å². The second kappa shape index (κ2) is 8.51. The van der Waals surface area contributed by atoms with E-state index in [1.807, 2.05) is 43.3 Å². The highest BCUT2D eigenvalue weighted by atomic mass is 35.5. The number of hydrogen-bond donors (Lipinski definition) is 3. The number of nitrogens with zero attached hydrogens (tertiary/aromatic N) is 2. The molecule has 0 aliphatic heterocycles. The summed E-state index contributed by atoms with van der Waals surface area (Å²) in [5, 5.41) is 15.7. The van der Waals surface area contributed by atoms with Gasteiger partial charge in [0.15, 0.2) is 0 Å². The lowest BCUT2D eigenvalue weighted by Gasteiger charge is -2.11. The molecule has 0 radical (unpaired) electrons. The molecule has 26 heavy (non-hydrogen) atoms. The van der Waals surface area contributed by atoms with Gasteiger partial charge in [0.25, 0.3) is 0 Å². The van der Waals surface area contributed by atoms with Crippen molar-refractivity contribution in [2.45, 2.75) is 6.92 Å². The highest BCUT2D eigenvalue weighted by Gasteiger charge is 2.05. The average Bonchev–Trinajstić information content (AvgIpc) is 2.61. The minimum Gasteiger partial charge on any atom is -0.490 e. The van der Waals surface area contributed by atoms with Crippen molar-refractivity contribution in [1.82, 2.24) is 9.97 Å². The van der Waals surface area contributed by atoms with Crippen LogP contribution in [0.25, 0.3) is 0 Å². The zero-order valence-corrected chi connectivity index (χ0v) is 15.0. The number of aliphatic hydroxyl groups is 1. The number of nitrogens with one attached hydrogen (secondary N) is 2. The Morgan fingerprint density at radius 3 is 2.38 bits per heavy atom. The topological polar surface area (TPSA) is 79.3 Å². The standard InChI is InChI=1S/C19H19ClN4O2/c1-13-3-2-4-14(9-13)23-18-11-19(22-12-21-18)24-15-5-6-17(16(20)10-15)26-8-7-25/h2-6,9-12,25H,7-8H2,1H3,(H2,21,22,23,24). The van der Waals surface area contributed by atoms with Gasteiger partial charge in [0.05, 0.1) is 11.6 Å². The highest BCUT2D eigenvalue weighted by molar-refractivity contribution is 6.32. The molecule has 6 nitrogen and oxygen atoms in total. The number of benzene rings is 2. The van der Waals surface area contributed by atoms with E-state index in [9.17, 15) is 0 Å². The Morgan fingerprint density at radius 2 is 1.73 bits per heavy atom. The van der Waals surface area contributed by atoms with Gasteiger partial charge in [0, 0.05) is 17.4 Å². The summed E-state index contributed by atoms with van der Waals surface area (Å²) in [5.41, 5.74) is 2.90. The van der Waals surface area contributed by atoms with Crippen LogP contribution >= 0.6 is 11.6 Å². The van der Waals surface area contributed by atoms with E-state index in [4.69, 9.17) is 21.4 Å². The number of rotatable bonds is 7. The van der Waals surface area contributed by atoms with Crippen LogP contribution in [-0.2, 0) is 0 Å². The summed E-state index contributed by atoms with van der Waals surface area (Å²) in [6, 6.07) is 15.2. The van der Waals surface area contributed by atoms with Gasteiger partial charge in [-0.3, -0.25) is 0 Å².